The smallest absolute Gasteiger partial charge is 0.263 e. The fourth-order valence-corrected chi connectivity index (χ4v) is 11.5. The normalized spacial score (nSPS) is 13.5. The summed E-state index contributed by atoms with van der Waals surface area (Å²) < 4.78 is 6.86. The first-order valence-electron chi connectivity index (χ1n) is 21.5. The van der Waals surface area contributed by atoms with Crippen molar-refractivity contribution in [2.24, 2.45) is 0 Å². The number of rotatable bonds is 3. The minimum Gasteiger partial charge on any atom is -0.309 e. The van der Waals surface area contributed by atoms with Gasteiger partial charge in [-0.2, -0.15) is 0 Å². The molecule has 4 aromatic heterocycles. The molecule has 14 rings (SSSR count). The van der Waals surface area contributed by atoms with Gasteiger partial charge in [0.1, 0.15) is 0 Å². The first kappa shape index (κ1) is 33.8. The lowest BCUT2D eigenvalue weighted by Crippen LogP contribution is -2.16. The second-order valence-electron chi connectivity index (χ2n) is 17.6. The van der Waals surface area contributed by atoms with Crippen molar-refractivity contribution in [1.82, 2.24) is 13.5 Å². The zero-order valence-electron chi connectivity index (χ0n) is 34.1. The lowest BCUT2D eigenvalue weighted by molar-refractivity contribution is 0.664. The number of benzene rings is 9. The molecule has 0 unspecified atom stereocenters. The molecular weight excluding hydrogens is 755 g/mol. The largest absolute Gasteiger partial charge is 0.309 e. The molecule has 4 heteroatoms. The zero-order valence-corrected chi connectivity index (χ0v) is 34.1. The highest BCUT2D eigenvalue weighted by molar-refractivity contribution is 6.22. The Labute approximate surface area is 356 Å². The molecule has 0 atom stereocenters. The maximum Gasteiger partial charge on any atom is 0.263 e. The predicted molar refractivity (Wildman–Crippen MR) is 259 cm³/mol. The molecule has 0 saturated heterocycles. The van der Waals surface area contributed by atoms with Gasteiger partial charge >= 0.3 is 0 Å². The van der Waals surface area contributed by atoms with Crippen LogP contribution >= 0.6 is 0 Å². The van der Waals surface area contributed by atoms with Gasteiger partial charge in [0.25, 0.3) is 5.56 Å². The summed E-state index contributed by atoms with van der Waals surface area (Å²) in [7, 11) is 0. The number of hydrogen-bond acceptors (Lipinski definition) is 1. The maximum absolute atomic E-state index is 14.0. The summed E-state index contributed by atoms with van der Waals surface area (Å²) in [6.07, 6.45) is 0. The molecule has 0 aliphatic heterocycles. The van der Waals surface area contributed by atoms with Crippen molar-refractivity contribution in [3.63, 3.8) is 0 Å². The maximum atomic E-state index is 14.0. The SMILES string of the molecule is CC1(C)c2ccccc2-c2ccc3c4ccccc4n(-c4ccc5c(c4)c4ccccc4n5-c4cccc(-c5cc6c7ccccc7c(=O)n7c8ccccc8c(c5)c67)c4)c3c21. The van der Waals surface area contributed by atoms with E-state index >= 15 is 0 Å². The van der Waals surface area contributed by atoms with Crippen LogP contribution < -0.4 is 5.56 Å². The van der Waals surface area contributed by atoms with E-state index in [1.807, 2.05) is 28.7 Å². The zero-order chi connectivity index (χ0) is 41.0. The van der Waals surface area contributed by atoms with Gasteiger partial charge in [-0.05, 0) is 105 Å². The van der Waals surface area contributed by atoms with Crippen LogP contribution in [-0.2, 0) is 5.41 Å². The van der Waals surface area contributed by atoms with E-state index in [-0.39, 0.29) is 11.0 Å². The molecule has 1 aliphatic carbocycles. The molecule has 4 heterocycles. The Balaban J connectivity index is 0.994. The highest BCUT2D eigenvalue weighted by Crippen LogP contribution is 2.53. The van der Waals surface area contributed by atoms with E-state index in [0.717, 1.165) is 71.5 Å². The van der Waals surface area contributed by atoms with E-state index in [9.17, 15) is 4.79 Å². The molecule has 1 aliphatic rings. The van der Waals surface area contributed by atoms with Crippen LogP contribution in [0.3, 0.4) is 0 Å². The lowest BCUT2D eigenvalue weighted by Gasteiger charge is -2.23. The van der Waals surface area contributed by atoms with Gasteiger partial charge in [0.15, 0.2) is 0 Å². The topological polar surface area (TPSA) is 31.3 Å². The third-order valence-corrected chi connectivity index (χ3v) is 14.1. The van der Waals surface area contributed by atoms with Crippen molar-refractivity contribution in [1.29, 1.82) is 0 Å². The molecule has 0 radical (unpaired) electrons. The van der Waals surface area contributed by atoms with E-state index in [1.54, 1.807) is 0 Å². The molecule has 0 saturated carbocycles. The molecule has 62 heavy (non-hydrogen) atoms. The minimum absolute atomic E-state index is 0.0278. The quantitative estimate of drug-likeness (QED) is 0.164. The Hall–Kier alpha value is -7.95. The summed E-state index contributed by atoms with van der Waals surface area (Å²) in [5, 5.41) is 9.96. The minimum atomic E-state index is -0.164. The van der Waals surface area contributed by atoms with Gasteiger partial charge in [-0.1, -0.05) is 135 Å². The third-order valence-electron chi connectivity index (χ3n) is 14.1. The molecule has 9 aromatic carbocycles. The molecule has 0 bridgehead atoms. The Bertz CT molecular complexity index is 4160. The van der Waals surface area contributed by atoms with Crippen molar-refractivity contribution in [2.45, 2.75) is 19.3 Å². The summed E-state index contributed by atoms with van der Waals surface area (Å²) in [5.41, 5.74) is 16.5. The molecule has 0 amide bonds. The van der Waals surface area contributed by atoms with E-state index in [2.05, 4.69) is 187 Å². The highest BCUT2D eigenvalue weighted by atomic mass is 16.1. The second-order valence-corrected chi connectivity index (χ2v) is 17.6. The van der Waals surface area contributed by atoms with Crippen LogP contribution in [-0.4, -0.2) is 13.5 Å². The molecule has 0 N–H and O–H groups in total. The van der Waals surface area contributed by atoms with Crippen LogP contribution in [0.4, 0.5) is 0 Å². The fraction of sp³-hybridized carbons (Fsp3) is 0.0517. The van der Waals surface area contributed by atoms with Gasteiger partial charge in [0.05, 0.1) is 33.1 Å². The van der Waals surface area contributed by atoms with Gasteiger partial charge < -0.3 is 9.13 Å². The summed E-state index contributed by atoms with van der Waals surface area (Å²) in [6.45, 7) is 4.77. The average Bonchev–Trinajstić information content (AvgIpc) is 4.02. The molecule has 4 nitrogen and oxygen atoms in total. The van der Waals surface area contributed by atoms with Crippen molar-refractivity contribution < 1.29 is 0 Å². The van der Waals surface area contributed by atoms with Crippen LogP contribution in [0, 0.1) is 0 Å². The summed E-state index contributed by atoms with van der Waals surface area (Å²) in [4.78, 5) is 14.0. The summed E-state index contributed by atoms with van der Waals surface area (Å²) >= 11 is 0. The van der Waals surface area contributed by atoms with Crippen molar-refractivity contribution in [3.8, 4) is 33.6 Å². The predicted octanol–water partition coefficient (Wildman–Crippen LogP) is 14.4. The monoisotopic (exact) mass is 791 g/mol. The lowest BCUT2D eigenvalue weighted by atomic mass is 9.81. The van der Waals surface area contributed by atoms with Crippen LogP contribution in [0.25, 0.3) is 115 Å². The number of pyridine rings is 1. The average molecular weight is 792 g/mol. The van der Waals surface area contributed by atoms with Crippen molar-refractivity contribution in [2.75, 3.05) is 0 Å². The molecule has 0 fully saturated rings. The van der Waals surface area contributed by atoms with Crippen LogP contribution in [0.15, 0.2) is 193 Å². The molecule has 0 spiro atoms. The van der Waals surface area contributed by atoms with Gasteiger partial charge in [0, 0.05) is 59.9 Å². The van der Waals surface area contributed by atoms with E-state index < -0.39 is 0 Å². The number of para-hydroxylation sites is 3. The van der Waals surface area contributed by atoms with Gasteiger partial charge in [-0.25, -0.2) is 0 Å². The van der Waals surface area contributed by atoms with E-state index in [1.165, 1.54) is 54.8 Å². The Morgan fingerprint density at radius 1 is 0.371 bits per heavy atom. The first-order chi connectivity index (χ1) is 30.5. The number of fused-ring (bicyclic) bond motifs is 15. The van der Waals surface area contributed by atoms with Crippen molar-refractivity contribution in [3.05, 3.63) is 210 Å². The van der Waals surface area contributed by atoms with E-state index in [4.69, 9.17) is 0 Å². The number of nitrogens with zero attached hydrogens (tertiary/aromatic N) is 3. The Kier molecular flexibility index (Phi) is 6.48. The Morgan fingerprint density at radius 2 is 0.968 bits per heavy atom. The van der Waals surface area contributed by atoms with Gasteiger partial charge in [-0.3, -0.25) is 9.20 Å². The van der Waals surface area contributed by atoms with E-state index in [0.29, 0.717) is 0 Å². The molecular formula is C58H37N3O. The fourth-order valence-electron chi connectivity index (χ4n) is 11.5. The van der Waals surface area contributed by atoms with Gasteiger partial charge in [-0.15, -0.1) is 0 Å². The molecule has 290 valence electrons. The summed E-state index contributed by atoms with van der Waals surface area (Å²) in [6, 6.07) is 68.1. The van der Waals surface area contributed by atoms with Crippen LogP contribution in [0.5, 0.6) is 0 Å². The summed E-state index contributed by atoms with van der Waals surface area (Å²) in [5.74, 6) is 0. The first-order valence-corrected chi connectivity index (χ1v) is 21.5. The van der Waals surface area contributed by atoms with Crippen LogP contribution in [0.2, 0.25) is 0 Å². The van der Waals surface area contributed by atoms with Gasteiger partial charge in [0.2, 0.25) is 0 Å². The number of aromatic nitrogens is 3. The van der Waals surface area contributed by atoms with Crippen LogP contribution in [0.1, 0.15) is 25.0 Å². The van der Waals surface area contributed by atoms with Crippen molar-refractivity contribution >= 4 is 81.6 Å². The number of hydrogen-bond donors (Lipinski definition) is 0. The highest BCUT2D eigenvalue weighted by Gasteiger charge is 2.38. The standard InChI is InChI=1S/C58H37N3O/c1-58(2)49-22-9-5-17-39(49)43-27-28-44-40-18-6-11-24-51(40)60(56(44)54(43)58)37-26-29-53-46(33-37)41-19-7-10-23-50(41)59(53)36-15-13-14-34(30-36)35-31-47-38-16-3-4-21-45(38)57(62)61-52-25-12-8-20-42(52)48(32-35)55(47)61/h3-33H,1-2H3. The third kappa shape index (κ3) is 4.23. The second kappa shape index (κ2) is 11.9. The Morgan fingerprint density at radius 3 is 1.76 bits per heavy atom. The molecule has 13 aromatic rings.